The van der Waals surface area contributed by atoms with Crippen molar-refractivity contribution in [2.24, 2.45) is 0 Å². The third kappa shape index (κ3) is 6.06. The van der Waals surface area contributed by atoms with Crippen LogP contribution in [0.25, 0.3) is 0 Å². The molecule has 0 fully saturated rings. The Morgan fingerprint density at radius 3 is 2.15 bits per heavy atom. The van der Waals surface area contributed by atoms with Gasteiger partial charge in [0.1, 0.15) is 11.8 Å². The first-order valence-electron chi connectivity index (χ1n) is 10.5. The second kappa shape index (κ2) is 11.0. The summed E-state index contributed by atoms with van der Waals surface area (Å²) in [6.07, 6.45) is 0.146. The predicted octanol–water partition coefficient (Wildman–Crippen LogP) is 3.55. The van der Waals surface area contributed by atoms with Gasteiger partial charge in [-0.15, -0.1) is 0 Å². The molecule has 0 saturated carbocycles. The molecule has 1 atom stereocenters. The third-order valence-corrected chi connectivity index (χ3v) is 6.64. The van der Waals surface area contributed by atoms with E-state index < -0.39 is 22.0 Å². The molecule has 34 heavy (non-hydrogen) atoms. The van der Waals surface area contributed by atoms with Crippen molar-refractivity contribution in [1.82, 2.24) is 4.72 Å². The molecule has 0 unspecified atom stereocenters. The number of anilines is 1. The molecule has 0 aliphatic carbocycles. The van der Waals surface area contributed by atoms with Gasteiger partial charge in [0.25, 0.3) is 0 Å². The van der Waals surface area contributed by atoms with Crippen LogP contribution in [0.3, 0.4) is 0 Å². The fraction of sp³-hybridized carbons (Fsp3) is 0.240. The third-order valence-electron chi connectivity index (χ3n) is 5.17. The van der Waals surface area contributed by atoms with Gasteiger partial charge in [0, 0.05) is 6.07 Å². The molecule has 180 valence electrons. The second-order valence-electron chi connectivity index (χ2n) is 7.57. The van der Waals surface area contributed by atoms with Crippen LogP contribution in [-0.4, -0.2) is 41.7 Å². The van der Waals surface area contributed by atoms with Crippen molar-refractivity contribution in [3.63, 3.8) is 0 Å². The molecule has 0 aliphatic rings. The van der Waals surface area contributed by atoms with Crippen LogP contribution in [-0.2, 0) is 21.2 Å². The van der Waals surface area contributed by atoms with Crippen LogP contribution >= 0.6 is 0 Å². The molecule has 0 saturated heterocycles. The molecular weight excluding hydrogens is 456 g/mol. The Balaban J connectivity index is 1.93. The Kier molecular flexibility index (Phi) is 8.14. The van der Waals surface area contributed by atoms with Gasteiger partial charge in [0.15, 0.2) is 11.5 Å². The Labute approximate surface area is 199 Å². The number of methoxy groups -OCH3 is 3. The molecule has 8 nitrogen and oxygen atoms in total. The van der Waals surface area contributed by atoms with Crippen LogP contribution in [0, 0.1) is 6.92 Å². The first kappa shape index (κ1) is 25.1. The van der Waals surface area contributed by atoms with Gasteiger partial charge in [-0.05, 0) is 48.7 Å². The normalized spacial score (nSPS) is 12.0. The number of sulfonamides is 1. The summed E-state index contributed by atoms with van der Waals surface area (Å²) >= 11 is 0. The van der Waals surface area contributed by atoms with Crippen LogP contribution in [0.15, 0.2) is 71.6 Å². The van der Waals surface area contributed by atoms with E-state index >= 15 is 0 Å². The first-order chi connectivity index (χ1) is 16.3. The lowest BCUT2D eigenvalue weighted by Gasteiger charge is -2.20. The van der Waals surface area contributed by atoms with Gasteiger partial charge in [-0.2, -0.15) is 4.72 Å². The van der Waals surface area contributed by atoms with Crippen LogP contribution < -0.4 is 24.2 Å². The number of carbonyl (C=O) groups is 1. The predicted molar refractivity (Wildman–Crippen MR) is 130 cm³/mol. The zero-order valence-corrected chi connectivity index (χ0v) is 20.3. The monoisotopic (exact) mass is 484 g/mol. The quantitative estimate of drug-likeness (QED) is 0.456. The highest BCUT2D eigenvalue weighted by Gasteiger charge is 2.27. The zero-order valence-electron chi connectivity index (χ0n) is 19.5. The summed E-state index contributed by atoms with van der Waals surface area (Å²) in [5.74, 6) is 0.613. The number of hydrogen-bond acceptors (Lipinski definition) is 6. The maximum absolute atomic E-state index is 13.3. The van der Waals surface area contributed by atoms with Gasteiger partial charge in [-0.1, -0.05) is 36.4 Å². The smallest absolute Gasteiger partial charge is 0.243 e. The molecule has 0 spiro atoms. The van der Waals surface area contributed by atoms with Crippen LogP contribution in [0.4, 0.5) is 5.69 Å². The van der Waals surface area contributed by atoms with Crippen molar-refractivity contribution >= 4 is 21.6 Å². The Bertz CT molecular complexity index is 1250. The lowest BCUT2D eigenvalue weighted by atomic mass is 10.1. The summed E-state index contributed by atoms with van der Waals surface area (Å²) in [5.41, 5.74) is 2.17. The number of hydrogen-bond donors (Lipinski definition) is 2. The van der Waals surface area contributed by atoms with Gasteiger partial charge < -0.3 is 19.5 Å². The van der Waals surface area contributed by atoms with E-state index in [0.29, 0.717) is 17.2 Å². The molecule has 0 aromatic heterocycles. The topological polar surface area (TPSA) is 103 Å². The summed E-state index contributed by atoms with van der Waals surface area (Å²) in [6, 6.07) is 17.7. The van der Waals surface area contributed by atoms with Gasteiger partial charge in [-0.3, -0.25) is 4.79 Å². The summed E-state index contributed by atoms with van der Waals surface area (Å²) in [7, 11) is 0.307. The zero-order chi connectivity index (χ0) is 24.7. The van der Waals surface area contributed by atoms with Crippen molar-refractivity contribution in [2.75, 3.05) is 26.6 Å². The Morgan fingerprint density at radius 1 is 0.853 bits per heavy atom. The SMILES string of the molecule is COc1ccc(C)cc1NC(=O)[C@H](Cc1ccccc1)NS(=O)(=O)c1ccc(OC)c(OC)c1. The maximum Gasteiger partial charge on any atom is 0.243 e. The average molecular weight is 485 g/mol. The summed E-state index contributed by atoms with van der Waals surface area (Å²) < 4.78 is 44.7. The molecule has 2 N–H and O–H groups in total. The Morgan fingerprint density at radius 2 is 1.50 bits per heavy atom. The van der Waals surface area contributed by atoms with Crippen molar-refractivity contribution in [3.05, 3.63) is 77.9 Å². The molecule has 1 amide bonds. The van der Waals surface area contributed by atoms with Crippen molar-refractivity contribution < 1.29 is 27.4 Å². The number of rotatable bonds is 10. The lowest BCUT2D eigenvalue weighted by molar-refractivity contribution is -0.117. The highest BCUT2D eigenvalue weighted by Crippen LogP contribution is 2.30. The standard InChI is InChI=1S/C25H28N2O6S/c1-17-10-12-22(31-2)20(14-17)26-25(28)21(15-18-8-6-5-7-9-18)27-34(29,30)19-11-13-23(32-3)24(16-19)33-4/h5-14,16,21,27H,15H2,1-4H3,(H,26,28)/t21-/m0/s1. The number of nitrogens with one attached hydrogen (secondary N) is 2. The molecule has 0 radical (unpaired) electrons. The highest BCUT2D eigenvalue weighted by molar-refractivity contribution is 7.89. The minimum atomic E-state index is -4.08. The number of ether oxygens (including phenoxy) is 3. The number of aryl methyl sites for hydroxylation is 1. The van der Waals surface area contributed by atoms with Gasteiger partial charge in [0.05, 0.1) is 31.9 Å². The van der Waals surface area contributed by atoms with Gasteiger partial charge in [-0.25, -0.2) is 8.42 Å². The van der Waals surface area contributed by atoms with E-state index in [1.807, 2.05) is 43.3 Å². The summed E-state index contributed by atoms with van der Waals surface area (Å²) in [5, 5.41) is 2.80. The first-order valence-corrected chi connectivity index (χ1v) is 12.0. The molecule has 0 aliphatic heterocycles. The molecule has 0 bridgehead atoms. The fourth-order valence-corrected chi connectivity index (χ4v) is 4.63. The molecule has 3 aromatic rings. The van der Waals surface area contributed by atoms with Gasteiger partial charge >= 0.3 is 0 Å². The number of benzene rings is 3. The van der Waals surface area contributed by atoms with E-state index in [4.69, 9.17) is 14.2 Å². The van der Waals surface area contributed by atoms with Crippen molar-refractivity contribution in [2.45, 2.75) is 24.3 Å². The minimum absolute atomic E-state index is 0.0517. The van der Waals surface area contributed by atoms with Crippen LogP contribution in [0.5, 0.6) is 17.2 Å². The lowest BCUT2D eigenvalue weighted by Crippen LogP contribution is -2.45. The maximum atomic E-state index is 13.3. The molecule has 9 heteroatoms. The number of carbonyl (C=O) groups excluding carboxylic acids is 1. The van der Waals surface area contributed by atoms with Gasteiger partial charge in [0.2, 0.25) is 15.9 Å². The molecule has 0 heterocycles. The average Bonchev–Trinajstić information content (AvgIpc) is 2.83. The largest absolute Gasteiger partial charge is 0.495 e. The van der Waals surface area contributed by atoms with Crippen molar-refractivity contribution in [3.8, 4) is 17.2 Å². The molecule has 3 rings (SSSR count). The van der Waals surface area contributed by atoms with E-state index in [1.54, 1.807) is 12.1 Å². The molecular formula is C25H28N2O6S. The van der Waals surface area contributed by atoms with Crippen molar-refractivity contribution in [1.29, 1.82) is 0 Å². The van der Waals surface area contributed by atoms with E-state index in [2.05, 4.69) is 10.0 Å². The second-order valence-corrected chi connectivity index (χ2v) is 9.29. The number of amides is 1. The van der Waals surface area contributed by atoms with E-state index in [-0.39, 0.29) is 17.1 Å². The summed E-state index contributed by atoms with van der Waals surface area (Å²) in [6.45, 7) is 1.89. The Hall–Kier alpha value is -3.56. The van der Waals surface area contributed by atoms with Crippen LogP contribution in [0.2, 0.25) is 0 Å². The molecule has 3 aromatic carbocycles. The fourth-order valence-electron chi connectivity index (χ4n) is 3.42. The van der Waals surface area contributed by atoms with E-state index in [0.717, 1.165) is 11.1 Å². The summed E-state index contributed by atoms with van der Waals surface area (Å²) in [4.78, 5) is 13.2. The highest BCUT2D eigenvalue weighted by atomic mass is 32.2. The minimum Gasteiger partial charge on any atom is -0.495 e. The van der Waals surface area contributed by atoms with E-state index in [9.17, 15) is 13.2 Å². The van der Waals surface area contributed by atoms with Crippen LogP contribution in [0.1, 0.15) is 11.1 Å². The van der Waals surface area contributed by atoms with E-state index in [1.165, 1.54) is 39.5 Å².